The van der Waals surface area contributed by atoms with Crippen LogP contribution in [0.3, 0.4) is 0 Å². The number of fused-ring (bicyclic) bond motifs is 1. The van der Waals surface area contributed by atoms with Gasteiger partial charge in [-0.25, -0.2) is 0 Å². The van der Waals surface area contributed by atoms with E-state index >= 15 is 0 Å². The maximum absolute atomic E-state index is 6.08. The summed E-state index contributed by atoms with van der Waals surface area (Å²) in [4.78, 5) is 5.21. The van der Waals surface area contributed by atoms with Crippen LogP contribution in [0.25, 0.3) is 0 Å². The van der Waals surface area contributed by atoms with E-state index in [1.54, 1.807) is 0 Å². The van der Waals surface area contributed by atoms with Crippen molar-refractivity contribution in [3.05, 3.63) is 32.7 Å². The molecule has 3 nitrogen and oxygen atoms in total. The third-order valence-corrected chi connectivity index (χ3v) is 6.49. The highest BCUT2D eigenvalue weighted by Crippen LogP contribution is 2.31. The molecule has 2 aliphatic heterocycles. The second-order valence-electron chi connectivity index (χ2n) is 5.75. The van der Waals surface area contributed by atoms with Crippen LogP contribution in [0.15, 0.2) is 27.1 Å². The van der Waals surface area contributed by atoms with E-state index in [1.165, 1.54) is 31.5 Å². The van der Waals surface area contributed by atoms with Gasteiger partial charge in [0.2, 0.25) is 0 Å². The van der Waals surface area contributed by atoms with Crippen molar-refractivity contribution in [3.8, 4) is 0 Å². The highest BCUT2D eigenvalue weighted by atomic mass is 79.9. The first kappa shape index (κ1) is 15.0. The Morgan fingerprint density at radius 3 is 2.80 bits per heavy atom. The fourth-order valence-corrected chi connectivity index (χ4v) is 4.16. The Balaban J connectivity index is 1.77. The van der Waals surface area contributed by atoms with Gasteiger partial charge in [0.1, 0.15) is 0 Å². The summed E-state index contributed by atoms with van der Waals surface area (Å²) in [7, 11) is 0. The lowest BCUT2D eigenvalue weighted by atomic mass is 10.0. The summed E-state index contributed by atoms with van der Waals surface area (Å²) in [6.45, 7) is 5.46. The molecule has 5 heteroatoms. The van der Waals surface area contributed by atoms with E-state index in [0.717, 1.165) is 28.1 Å². The third-order valence-electron chi connectivity index (χ3n) is 4.61. The lowest BCUT2D eigenvalue weighted by Crippen LogP contribution is -2.52. The Kier molecular flexibility index (Phi) is 4.82. The van der Waals surface area contributed by atoms with Crippen molar-refractivity contribution < 1.29 is 0 Å². The largest absolute Gasteiger partial charge is 0.329 e. The van der Waals surface area contributed by atoms with Crippen molar-refractivity contribution in [2.24, 2.45) is 5.73 Å². The first-order valence-electron chi connectivity index (χ1n) is 7.32. The number of nitrogens with zero attached hydrogens (tertiary/aromatic N) is 2. The Hall–Kier alpha value is 0.0600. The standard InChI is InChI=1S/C15H21Br2N3/c16-13-4-3-11(8-14(13)17)15(9-18)20-7-6-19-5-1-2-12(19)10-20/h3-4,8,12,15H,1-2,5-7,9-10,18H2. The molecular formula is C15H21Br2N3. The van der Waals surface area contributed by atoms with Crippen LogP contribution in [-0.4, -0.2) is 48.6 Å². The molecule has 0 spiro atoms. The van der Waals surface area contributed by atoms with Gasteiger partial charge in [0, 0.05) is 47.2 Å². The molecule has 0 amide bonds. The smallest absolute Gasteiger partial charge is 0.0472 e. The summed E-state index contributed by atoms with van der Waals surface area (Å²) in [6, 6.07) is 7.57. The molecule has 20 heavy (non-hydrogen) atoms. The van der Waals surface area contributed by atoms with E-state index in [1.807, 2.05) is 0 Å². The van der Waals surface area contributed by atoms with Gasteiger partial charge in [0.15, 0.2) is 0 Å². The van der Waals surface area contributed by atoms with Gasteiger partial charge in [-0.2, -0.15) is 0 Å². The molecule has 0 saturated carbocycles. The van der Waals surface area contributed by atoms with Gasteiger partial charge in [-0.1, -0.05) is 6.07 Å². The molecule has 2 atom stereocenters. The average molecular weight is 403 g/mol. The number of hydrogen-bond acceptors (Lipinski definition) is 3. The number of piperazine rings is 1. The third kappa shape index (κ3) is 2.97. The van der Waals surface area contributed by atoms with E-state index in [-0.39, 0.29) is 0 Å². The fraction of sp³-hybridized carbons (Fsp3) is 0.600. The maximum Gasteiger partial charge on any atom is 0.0472 e. The Morgan fingerprint density at radius 1 is 1.20 bits per heavy atom. The molecule has 2 aliphatic rings. The second-order valence-corrected chi connectivity index (χ2v) is 7.46. The molecular weight excluding hydrogens is 382 g/mol. The Bertz CT molecular complexity index is 480. The van der Waals surface area contributed by atoms with E-state index in [2.05, 4.69) is 59.9 Å². The Morgan fingerprint density at radius 2 is 2.05 bits per heavy atom. The SMILES string of the molecule is NCC(c1ccc(Br)c(Br)c1)N1CCN2CCCC2C1. The highest BCUT2D eigenvalue weighted by Gasteiger charge is 2.33. The van der Waals surface area contributed by atoms with Crippen molar-refractivity contribution in [2.75, 3.05) is 32.7 Å². The van der Waals surface area contributed by atoms with Crippen molar-refractivity contribution >= 4 is 31.9 Å². The molecule has 1 aromatic rings. The molecule has 110 valence electrons. The molecule has 0 bridgehead atoms. The summed E-state index contributed by atoms with van der Waals surface area (Å²) < 4.78 is 2.20. The lowest BCUT2D eigenvalue weighted by molar-refractivity contribution is 0.0737. The molecule has 2 saturated heterocycles. The lowest BCUT2D eigenvalue weighted by Gasteiger charge is -2.41. The number of halogens is 2. The van der Waals surface area contributed by atoms with Crippen LogP contribution in [0.5, 0.6) is 0 Å². The summed E-state index contributed by atoms with van der Waals surface area (Å²) in [5.41, 5.74) is 7.39. The summed E-state index contributed by atoms with van der Waals surface area (Å²) >= 11 is 7.13. The summed E-state index contributed by atoms with van der Waals surface area (Å²) in [5, 5.41) is 0. The quantitative estimate of drug-likeness (QED) is 0.843. The fourth-order valence-electron chi connectivity index (χ4n) is 3.51. The van der Waals surface area contributed by atoms with Crippen LogP contribution in [0.1, 0.15) is 24.4 Å². The van der Waals surface area contributed by atoms with Crippen LogP contribution >= 0.6 is 31.9 Å². The topological polar surface area (TPSA) is 32.5 Å². The van der Waals surface area contributed by atoms with Gasteiger partial charge in [-0.3, -0.25) is 9.80 Å². The van der Waals surface area contributed by atoms with Crippen LogP contribution in [0.4, 0.5) is 0 Å². The van der Waals surface area contributed by atoms with Gasteiger partial charge in [0.05, 0.1) is 0 Å². The first-order valence-corrected chi connectivity index (χ1v) is 8.90. The van der Waals surface area contributed by atoms with E-state index in [4.69, 9.17) is 5.73 Å². The zero-order chi connectivity index (χ0) is 14.1. The van der Waals surface area contributed by atoms with Crippen molar-refractivity contribution in [2.45, 2.75) is 24.9 Å². The minimum Gasteiger partial charge on any atom is -0.329 e. The predicted octanol–water partition coefficient (Wildman–Crippen LogP) is 2.99. The van der Waals surface area contributed by atoms with Crippen molar-refractivity contribution in [3.63, 3.8) is 0 Å². The predicted molar refractivity (Wildman–Crippen MR) is 89.8 cm³/mol. The summed E-state index contributed by atoms with van der Waals surface area (Å²) in [6.07, 6.45) is 2.70. The molecule has 2 heterocycles. The minimum absolute atomic E-state index is 0.335. The highest BCUT2D eigenvalue weighted by molar-refractivity contribution is 9.13. The van der Waals surface area contributed by atoms with Gasteiger partial charge in [-0.15, -0.1) is 0 Å². The second kappa shape index (κ2) is 6.44. The molecule has 2 fully saturated rings. The Labute approximate surface area is 137 Å². The van der Waals surface area contributed by atoms with Gasteiger partial charge < -0.3 is 5.73 Å². The first-order chi connectivity index (χ1) is 9.69. The molecule has 2 N–H and O–H groups in total. The van der Waals surface area contributed by atoms with Gasteiger partial charge in [-0.05, 0) is 68.9 Å². The number of rotatable bonds is 3. The molecule has 1 aromatic carbocycles. The van der Waals surface area contributed by atoms with Gasteiger partial charge >= 0.3 is 0 Å². The maximum atomic E-state index is 6.08. The van der Waals surface area contributed by atoms with Crippen LogP contribution < -0.4 is 5.73 Å². The average Bonchev–Trinajstić information content (AvgIpc) is 2.91. The zero-order valence-electron chi connectivity index (χ0n) is 11.6. The van der Waals surface area contributed by atoms with Crippen molar-refractivity contribution in [1.82, 2.24) is 9.80 Å². The summed E-state index contributed by atoms with van der Waals surface area (Å²) in [5.74, 6) is 0. The monoisotopic (exact) mass is 401 g/mol. The normalized spacial score (nSPS) is 25.6. The minimum atomic E-state index is 0.335. The van der Waals surface area contributed by atoms with E-state index in [9.17, 15) is 0 Å². The number of benzene rings is 1. The van der Waals surface area contributed by atoms with E-state index < -0.39 is 0 Å². The number of hydrogen-bond donors (Lipinski definition) is 1. The van der Waals surface area contributed by atoms with Crippen LogP contribution in [0.2, 0.25) is 0 Å². The molecule has 0 aliphatic carbocycles. The van der Waals surface area contributed by atoms with Crippen molar-refractivity contribution in [1.29, 1.82) is 0 Å². The van der Waals surface area contributed by atoms with E-state index in [0.29, 0.717) is 12.6 Å². The van der Waals surface area contributed by atoms with Crippen LogP contribution in [-0.2, 0) is 0 Å². The molecule has 0 aromatic heterocycles. The van der Waals surface area contributed by atoms with Gasteiger partial charge in [0.25, 0.3) is 0 Å². The molecule has 2 unspecified atom stereocenters. The molecule has 0 radical (unpaired) electrons. The molecule has 3 rings (SSSR count). The number of nitrogens with two attached hydrogens (primary N) is 1. The zero-order valence-corrected chi connectivity index (χ0v) is 14.7. The van der Waals surface area contributed by atoms with Crippen LogP contribution in [0, 0.1) is 0 Å².